The molecule has 0 aromatic heterocycles. The van der Waals surface area contributed by atoms with E-state index < -0.39 is 0 Å². The third-order valence-electron chi connectivity index (χ3n) is 3.54. The molecule has 1 aromatic carbocycles. The molecule has 2 aliphatic heterocycles. The fraction of sp³-hybridized carbons (Fsp3) is 0.500. The monoisotopic (exact) mass is 294 g/mol. The van der Waals surface area contributed by atoms with Gasteiger partial charge < -0.3 is 14.7 Å². The molecule has 3 rings (SSSR count). The molecule has 2 saturated heterocycles. The molecular weight excluding hydrogens is 276 g/mol. The Morgan fingerprint density at radius 3 is 2.55 bits per heavy atom. The van der Waals surface area contributed by atoms with Crippen LogP contribution in [-0.2, 0) is 4.74 Å². The van der Waals surface area contributed by atoms with E-state index in [0.29, 0.717) is 13.1 Å². The summed E-state index contributed by atoms with van der Waals surface area (Å²) in [6.07, 6.45) is -0.341. The smallest absolute Gasteiger partial charge is 0.414 e. The molecular formula is C14H18N2O3S. The zero-order chi connectivity index (χ0) is 14.1. The van der Waals surface area contributed by atoms with Crippen LogP contribution in [0.3, 0.4) is 0 Å². The van der Waals surface area contributed by atoms with Gasteiger partial charge in [0.25, 0.3) is 0 Å². The van der Waals surface area contributed by atoms with E-state index in [0.717, 1.165) is 23.7 Å². The van der Waals surface area contributed by atoms with Crippen LogP contribution in [0.15, 0.2) is 24.3 Å². The van der Waals surface area contributed by atoms with Crippen molar-refractivity contribution in [1.29, 1.82) is 0 Å². The minimum absolute atomic E-state index is 0.0588. The Labute approximate surface area is 122 Å². The van der Waals surface area contributed by atoms with Crippen molar-refractivity contribution in [3.8, 4) is 0 Å². The zero-order valence-corrected chi connectivity index (χ0v) is 12.2. The summed E-state index contributed by atoms with van der Waals surface area (Å²) >= 11 is 1.59. The number of hydrogen-bond donors (Lipinski definition) is 1. The second kappa shape index (κ2) is 5.54. The number of benzene rings is 1. The van der Waals surface area contributed by atoms with Crippen molar-refractivity contribution in [1.82, 2.24) is 0 Å². The van der Waals surface area contributed by atoms with Gasteiger partial charge in [-0.25, -0.2) is 4.79 Å². The molecule has 1 amide bonds. The summed E-state index contributed by atoms with van der Waals surface area (Å²) in [5, 5.41) is 9.68. The molecule has 2 heterocycles. The molecule has 0 bridgehead atoms. The Balaban J connectivity index is 1.73. The number of nitrogens with zero attached hydrogens (tertiary/aromatic N) is 2. The summed E-state index contributed by atoms with van der Waals surface area (Å²) in [4.78, 5) is 15.5. The summed E-state index contributed by atoms with van der Waals surface area (Å²) in [5.41, 5.74) is 1.61. The molecule has 0 spiro atoms. The highest BCUT2D eigenvalue weighted by Gasteiger charge is 2.29. The van der Waals surface area contributed by atoms with Crippen molar-refractivity contribution in [3.63, 3.8) is 0 Å². The van der Waals surface area contributed by atoms with Crippen molar-refractivity contribution >= 4 is 29.2 Å². The zero-order valence-electron chi connectivity index (χ0n) is 11.4. The average Bonchev–Trinajstić information content (AvgIpc) is 2.78. The van der Waals surface area contributed by atoms with Gasteiger partial charge in [0.15, 0.2) is 0 Å². The van der Waals surface area contributed by atoms with Gasteiger partial charge in [0.1, 0.15) is 11.5 Å². The van der Waals surface area contributed by atoms with Gasteiger partial charge in [-0.2, -0.15) is 0 Å². The third-order valence-corrected chi connectivity index (χ3v) is 4.49. The second-order valence-electron chi connectivity index (χ2n) is 5.09. The van der Waals surface area contributed by atoms with E-state index >= 15 is 0 Å². The number of aliphatic hydroxyl groups excluding tert-OH is 1. The van der Waals surface area contributed by atoms with Gasteiger partial charge in [0.05, 0.1) is 13.1 Å². The molecule has 0 saturated carbocycles. The fourth-order valence-electron chi connectivity index (χ4n) is 2.52. The van der Waals surface area contributed by atoms with E-state index in [1.807, 2.05) is 31.2 Å². The van der Waals surface area contributed by atoms with Gasteiger partial charge in [-0.15, -0.1) is 11.8 Å². The van der Waals surface area contributed by atoms with E-state index in [1.165, 1.54) is 0 Å². The topological polar surface area (TPSA) is 53.0 Å². The Bertz CT molecular complexity index is 494. The molecule has 2 fully saturated rings. The van der Waals surface area contributed by atoms with Gasteiger partial charge >= 0.3 is 6.09 Å². The first-order valence-electron chi connectivity index (χ1n) is 6.76. The maximum absolute atomic E-state index is 11.7. The molecule has 2 aliphatic rings. The van der Waals surface area contributed by atoms with Crippen molar-refractivity contribution in [2.45, 2.75) is 18.5 Å². The van der Waals surface area contributed by atoms with Crippen LogP contribution in [0.4, 0.5) is 16.2 Å². The van der Waals surface area contributed by atoms with Gasteiger partial charge in [0, 0.05) is 23.7 Å². The number of β-amino-alcohol motifs (C(OH)–C–C–N with tert-alkyl or cyclic N) is 1. The van der Waals surface area contributed by atoms with E-state index in [-0.39, 0.29) is 17.6 Å². The summed E-state index contributed by atoms with van der Waals surface area (Å²) in [7, 11) is 0. The van der Waals surface area contributed by atoms with Crippen LogP contribution in [0.1, 0.15) is 6.92 Å². The molecule has 0 aliphatic carbocycles. The number of aliphatic hydroxyl groups is 1. The molecule has 0 radical (unpaired) electrons. The number of amides is 1. The number of thioether (sulfide) groups is 1. The van der Waals surface area contributed by atoms with E-state index in [9.17, 15) is 9.90 Å². The highest BCUT2D eigenvalue weighted by atomic mass is 32.2. The minimum Gasteiger partial charge on any atom is -0.444 e. The van der Waals surface area contributed by atoms with Crippen LogP contribution in [0, 0.1) is 0 Å². The van der Waals surface area contributed by atoms with Crippen LogP contribution in [-0.4, -0.2) is 48.1 Å². The summed E-state index contributed by atoms with van der Waals surface area (Å²) in [6, 6.07) is 7.86. The Morgan fingerprint density at radius 1 is 1.25 bits per heavy atom. The number of carbonyl (C=O) groups is 1. The Kier molecular flexibility index (Phi) is 3.76. The van der Waals surface area contributed by atoms with Crippen LogP contribution < -0.4 is 9.80 Å². The van der Waals surface area contributed by atoms with Crippen molar-refractivity contribution in [3.05, 3.63) is 24.3 Å². The average molecular weight is 294 g/mol. The highest BCUT2D eigenvalue weighted by molar-refractivity contribution is 7.99. The normalized spacial score (nSPS) is 26.8. The first kappa shape index (κ1) is 13.6. The lowest BCUT2D eigenvalue weighted by atomic mass is 10.2. The standard InChI is InChI=1S/C14H18N2O3S/c1-10-8-16(14(18)19-10)12-4-2-11(3-5-12)15-6-7-20-13(17)9-15/h2-5,10,13,17H,6-9H2,1H3/t10-,13?/m0/s1. The second-order valence-corrected chi connectivity index (χ2v) is 6.38. The summed E-state index contributed by atoms with van der Waals surface area (Å²) < 4.78 is 5.13. The Hall–Kier alpha value is -1.40. The predicted molar refractivity (Wildman–Crippen MR) is 80.4 cm³/mol. The molecule has 20 heavy (non-hydrogen) atoms. The number of cyclic esters (lactones) is 1. The van der Waals surface area contributed by atoms with Gasteiger partial charge in [0.2, 0.25) is 0 Å². The van der Waals surface area contributed by atoms with Crippen LogP contribution >= 0.6 is 11.8 Å². The SMILES string of the molecule is C[C@H]1CN(c2ccc(N3CCSC(O)C3)cc2)C(=O)O1. The number of carbonyl (C=O) groups excluding carboxylic acids is 1. The number of anilines is 2. The van der Waals surface area contributed by atoms with Crippen LogP contribution in [0.25, 0.3) is 0 Å². The first-order valence-corrected chi connectivity index (χ1v) is 7.81. The minimum atomic E-state index is -0.321. The lowest BCUT2D eigenvalue weighted by molar-refractivity contribution is 0.150. The number of ether oxygens (including phenoxy) is 1. The van der Waals surface area contributed by atoms with Crippen molar-refractivity contribution in [2.75, 3.05) is 35.2 Å². The number of hydrogen-bond acceptors (Lipinski definition) is 5. The third kappa shape index (κ3) is 2.71. The molecule has 5 nitrogen and oxygen atoms in total. The lowest BCUT2D eigenvalue weighted by Gasteiger charge is -2.31. The largest absolute Gasteiger partial charge is 0.444 e. The molecule has 1 aromatic rings. The lowest BCUT2D eigenvalue weighted by Crippen LogP contribution is -2.37. The van der Waals surface area contributed by atoms with E-state index in [2.05, 4.69) is 4.90 Å². The fourth-order valence-corrected chi connectivity index (χ4v) is 3.41. The number of rotatable bonds is 2. The van der Waals surface area contributed by atoms with Crippen molar-refractivity contribution in [2.24, 2.45) is 0 Å². The summed E-state index contributed by atoms with van der Waals surface area (Å²) in [5.74, 6) is 0.929. The maximum Gasteiger partial charge on any atom is 0.414 e. The molecule has 108 valence electrons. The van der Waals surface area contributed by atoms with Gasteiger partial charge in [-0.1, -0.05) is 0 Å². The van der Waals surface area contributed by atoms with Gasteiger partial charge in [-0.3, -0.25) is 4.90 Å². The van der Waals surface area contributed by atoms with Crippen LogP contribution in [0.5, 0.6) is 0 Å². The van der Waals surface area contributed by atoms with E-state index in [4.69, 9.17) is 4.74 Å². The molecule has 6 heteroatoms. The maximum atomic E-state index is 11.7. The summed E-state index contributed by atoms with van der Waals surface area (Å²) in [6.45, 7) is 4.06. The first-order chi connectivity index (χ1) is 9.63. The molecule has 2 atom stereocenters. The van der Waals surface area contributed by atoms with E-state index in [1.54, 1.807) is 16.7 Å². The Morgan fingerprint density at radius 2 is 1.95 bits per heavy atom. The highest BCUT2D eigenvalue weighted by Crippen LogP contribution is 2.27. The van der Waals surface area contributed by atoms with Crippen molar-refractivity contribution < 1.29 is 14.6 Å². The molecule has 1 N–H and O–H groups in total. The molecule has 1 unspecified atom stereocenters. The predicted octanol–water partition coefficient (Wildman–Crippen LogP) is 1.90. The van der Waals surface area contributed by atoms with Gasteiger partial charge in [-0.05, 0) is 31.2 Å². The quantitative estimate of drug-likeness (QED) is 0.903. The van der Waals surface area contributed by atoms with Crippen LogP contribution in [0.2, 0.25) is 0 Å².